The molecule has 0 heterocycles. The van der Waals surface area contributed by atoms with Crippen molar-refractivity contribution in [3.8, 4) is 5.75 Å². The Kier molecular flexibility index (Phi) is 6.17. The molecule has 0 fully saturated rings. The number of hydrogen-bond donors (Lipinski definition) is 1. The number of anilines is 1. The molecule has 7 heteroatoms. The predicted octanol–water partition coefficient (Wildman–Crippen LogP) is 0.810. The Morgan fingerprint density at radius 1 is 1.33 bits per heavy atom. The third-order valence-corrected chi connectivity index (χ3v) is 4.71. The summed E-state index contributed by atoms with van der Waals surface area (Å²) in [7, 11) is -1.89. The first-order chi connectivity index (χ1) is 9.81. The molecule has 118 valence electrons. The summed E-state index contributed by atoms with van der Waals surface area (Å²) in [4.78, 5) is 13.9. The zero-order chi connectivity index (χ0) is 16.0. The maximum absolute atomic E-state index is 12.4. The molecular formula is C14H22N2O4S. The van der Waals surface area contributed by atoms with Crippen molar-refractivity contribution in [2.45, 2.75) is 18.6 Å². The average Bonchev–Trinajstić information content (AvgIpc) is 2.46. The number of carbonyl (C=O) groups excluding carboxylic acids is 1. The topological polar surface area (TPSA) is 89.7 Å². The molecule has 1 amide bonds. The Morgan fingerprint density at radius 2 is 1.90 bits per heavy atom. The Hall–Kier alpha value is -1.60. The van der Waals surface area contributed by atoms with E-state index in [1.807, 2.05) is 0 Å². The van der Waals surface area contributed by atoms with Crippen LogP contribution in [0.4, 0.5) is 5.69 Å². The van der Waals surface area contributed by atoms with E-state index < -0.39 is 21.0 Å². The van der Waals surface area contributed by atoms with E-state index in [2.05, 4.69) is 0 Å². The first-order valence-corrected chi connectivity index (χ1v) is 8.61. The second kappa shape index (κ2) is 7.42. The Morgan fingerprint density at radius 3 is 2.33 bits per heavy atom. The van der Waals surface area contributed by atoms with Crippen LogP contribution in [0.1, 0.15) is 13.3 Å². The summed E-state index contributed by atoms with van der Waals surface area (Å²) in [6.07, 6.45) is 1.65. The zero-order valence-electron chi connectivity index (χ0n) is 12.6. The Balaban J connectivity index is 3.06. The van der Waals surface area contributed by atoms with Crippen molar-refractivity contribution < 1.29 is 17.9 Å². The lowest BCUT2D eigenvalue weighted by atomic mass is 10.2. The highest BCUT2D eigenvalue weighted by Crippen LogP contribution is 2.21. The summed E-state index contributed by atoms with van der Waals surface area (Å²) in [5.41, 5.74) is 6.12. The van der Waals surface area contributed by atoms with Crippen LogP contribution in [0, 0.1) is 0 Å². The number of amides is 1. The molecule has 0 aliphatic carbocycles. The van der Waals surface area contributed by atoms with Gasteiger partial charge in [-0.05, 0) is 44.2 Å². The molecule has 0 aromatic heterocycles. The van der Waals surface area contributed by atoms with E-state index in [1.165, 1.54) is 11.8 Å². The van der Waals surface area contributed by atoms with Crippen molar-refractivity contribution in [3.05, 3.63) is 24.3 Å². The van der Waals surface area contributed by atoms with Gasteiger partial charge in [-0.3, -0.25) is 4.79 Å². The minimum atomic E-state index is -3.44. The largest absolute Gasteiger partial charge is 0.497 e. The first kappa shape index (κ1) is 17.5. The number of ether oxygens (including phenoxy) is 1. The standard InChI is InChI=1S/C14H22N2O4S/c1-11(21(3,18)19)14(17)16(10-4-9-15)12-5-7-13(20-2)8-6-12/h5-8,11H,4,9-10,15H2,1-3H3. The summed E-state index contributed by atoms with van der Waals surface area (Å²) in [6.45, 7) is 2.20. The fourth-order valence-corrected chi connectivity index (χ4v) is 2.27. The molecule has 0 spiro atoms. The maximum Gasteiger partial charge on any atom is 0.245 e. The van der Waals surface area contributed by atoms with Crippen LogP contribution in [0.15, 0.2) is 24.3 Å². The number of hydrogen-bond acceptors (Lipinski definition) is 5. The summed E-state index contributed by atoms with van der Waals surface area (Å²) in [5.74, 6) is 0.220. The second-order valence-corrected chi connectivity index (χ2v) is 7.17. The molecule has 1 atom stereocenters. The average molecular weight is 314 g/mol. The van der Waals surface area contributed by atoms with Gasteiger partial charge < -0.3 is 15.4 Å². The van der Waals surface area contributed by atoms with Gasteiger partial charge >= 0.3 is 0 Å². The lowest BCUT2D eigenvalue weighted by molar-refractivity contribution is -0.118. The van der Waals surface area contributed by atoms with Gasteiger partial charge in [0.05, 0.1) is 7.11 Å². The molecule has 0 aliphatic heterocycles. The van der Waals surface area contributed by atoms with E-state index in [-0.39, 0.29) is 0 Å². The van der Waals surface area contributed by atoms with Crippen molar-refractivity contribution in [2.75, 3.05) is 31.4 Å². The quantitative estimate of drug-likeness (QED) is 0.804. The van der Waals surface area contributed by atoms with Crippen LogP contribution in [0.3, 0.4) is 0 Å². The van der Waals surface area contributed by atoms with Gasteiger partial charge in [0, 0.05) is 18.5 Å². The number of methoxy groups -OCH3 is 1. The summed E-state index contributed by atoms with van der Waals surface area (Å²) in [6, 6.07) is 6.90. The molecule has 0 aliphatic rings. The lowest BCUT2D eigenvalue weighted by Crippen LogP contribution is -2.42. The molecule has 2 N–H and O–H groups in total. The van der Waals surface area contributed by atoms with Crippen LogP contribution in [0.2, 0.25) is 0 Å². The van der Waals surface area contributed by atoms with E-state index in [0.29, 0.717) is 30.9 Å². The molecule has 1 aromatic rings. The van der Waals surface area contributed by atoms with E-state index in [4.69, 9.17) is 10.5 Å². The van der Waals surface area contributed by atoms with Gasteiger partial charge in [-0.1, -0.05) is 0 Å². The fourth-order valence-electron chi connectivity index (χ4n) is 1.78. The molecule has 0 radical (unpaired) electrons. The SMILES string of the molecule is COc1ccc(N(CCCN)C(=O)C(C)S(C)(=O)=O)cc1. The normalized spacial score (nSPS) is 12.8. The third-order valence-electron chi connectivity index (χ3n) is 3.23. The van der Waals surface area contributed by atoms with E-state index in [9.17, 15) is 13.2 Å². The molecule has 21 heavy (non-hydrogen) atoms. The third kappa shape index (κ3) is 4.71. The highest BCUT2D eigenvalue weighted by atomic mass is 32.2. The molecule has 0 bridgehead atoms. The molecular weight excluding hydrogens is 292 g/mol. The summed E-state index contributed by atoms with van der Waals surface area (Å²) in [5, 5.41) is -1.09. The molecule has 1 unspecified atom stereocenters. The van der Waals surface area contributed by atoms with Gasteiger partial charge in [-0.2, -0.15) is 0 Å². The Bertz CT molecular complexity index is 569. The minimum Gasteiger partial charge on any atom is -0.497 e. The van der Waals surface area contributed by atoms with Gasteiger partial charge in [0.1, 0.15) is 11.0 Å². The minimum absolute atomic E-state index is 0.377. The first-order valence-electron chi connectivity index (χ1n) is 6.65. The number of rotatable bonds is 7. The number of nitrogens with zero attached hydrogens (tertiary/aromatic N) is 1. The highest BCUT2D eigenvalue weighted by Gasteiger charge is 2.28. The van der Waals surface area contributed by atoms with Crippen LogP contribution < -0.4 is 15.4 Å². The van der Waals surface area contributed by atoms with E-state index in [0.717, 1.165) is 6.26 Å². The van der Waals surface area contributed by atoms with Crippen LogP contribution in [-0.2, 0) is 14.6 Å². The van der Waals surface area contributed by atoms with E-state index >= 15 is 0 Å². The maximum atomic E-state index is 12.4. The van der Waals surface area contributed by atoms with E-state index in [1.54, 1.807) is 31.4 Å². The van der Waals surface area contributed by atoms with Crippen LogP contribution in [0.25, 0.3) is 0 Å². The molecule has 1 aromatic carbocycles. The fraction of sp³-hybridized carbons (Fsp3) is 0.500. The van der Waals surface area contributed by atoms with Crippen molar-refractivity contribution in [2.24, 2.45) is 5.73 Å². The number of carbonyl (C=O) groups is 1. The lowest BCUT2D eigenvalue weighted by Gasteiger charge is -2.25. The molecule has 0 saturated heterocycles. The second-order valence-electron chi connectivity index (χ2n) is 4.80. The number of sulfone groups is 1. The van der Waals surface area contributed by atoms with Crippen molar-refractivity contribution >= 4 is 21.4 Å². The van der Waals surface area contributed by atoms with Gasteiger partial charge in [-0.25, -0.2) is 8.42 Å². The van der Waals surface area contributed by atoms with Gasteiger partial charge in [0.2, 0.25) is 5.91 Å². The Labute approximate surface area is 125 Å². The summed E-state index contributed by atoms with van der Waals surface area (Å²) >= 11 is 0. The van der Waals surface area contributed by atoms with Gasteiger partial charge in [0.15, 0.2) is 9.84 Å². The van der Waals surface area contributed by atoms with Crippen molar-refractivity contribution in [1.82, 2.24) is 0 Å². The van der Waals surface area contributed by atoms with Crippen LogP contribution in [-0.4, -0.2) is 46.0 Å². The van der Waals surface area contributed by atoms with Gasteiger partial charge in [-0.15, -0.1) is 0 Å². The zero-order valence-corrected chi connectivity index (χ0v) is 13.4. The summed E-state index contributed by atoms with van der Waals surface area (Å²) < 4.78 is 28.3. The highest BCUT2D eigenvalue weighted by molar-refractivity contribution is 7.92. The molecule has 0 saturated carbocycles. The smallest absolute Gasteiger partial charge is 0.245 e. The van der Waals surface area contributed by atoms with Gasteiger partial charge in [0.25, 0.3) is 0 Å². The van der Waals surface area contributed by atoms with Crippen LogP contribution in [0.5, 0.6) is 5.75 Å². The number of nitrogens with two attached hydrogens (primary N) is 1. The predicted molar refractivity (Wildman–Crippen MR) is 83.3 cm³/mol. The molecule has 6 nitrogen and oxygen atoms in total. The van der Waals surface area contributed by atoms with Crippen molar-refractivity contribution in [1.29, 1.82) is 0 Å². The van der Waals surface area contributed by atoms with Crippen molar-refractivity contribution in [3.63, 3.8) is 0 Å². The molecule has 1 rings (SSSR count). The van der Waals surface area contributed by atoms with Crippen LogP contribution >= 0.6 is 0 Å². The monoisotopic (exact) mass is 314 g/mol. The number of benzene rings is 1.